The molecule has 1 aromatic carbocycles. The van der Waals surface area contributed by atoms with E-state index < -0.39 is 0 Å². The van der Waals surface area contributed by atoms with Gasteiger partial charge in [-0.05, 0) is 24.3 Å². The number of aliphatic hydroxyl groups is 2. The third-order valence-electron chi connectivity index (χ3n) is 3.38. The Hall–Kier alpha value is -2.31. The Bertz CT molecular complexity index is 645. The minimum Gasteiger partial charge on any atom is -0.461 e. The zero-order chi connectivity index (χ0) is 16.1. The Kier molecular flexibility index (Phi) is 5.19. The molecule has 4 N–H and O–H groups in total. The van der Waals surface area contributed by atoms with Gasteiger partial charge in [0.05, 0.1) is 19.5 Å². The predicted octanol–water partition coefficient (Wildman–Crippen LogP) is 1.52. The minimum atomic E-state index is -0.177. The highest BCUT2D eigenvalue weighted by Crippen LogP contribution is 2.35. The highest BCUT2D eigenvalue weighted by Gasteiger charge is 2.19. The number of aliphatic hydroxyl groups excluding tert-OH is 2. The number of Topliss-reactive ketones (excluding diaryl/α,β-unsaturated/α-hetero) is 1. The molecule has 118 valence electrons. The molecule has 6 heteroatoms. The Balaban J connectivity index is 2.56. The zero-order valence-corrected chi connectivity index (χ0v) is 12.5. The molecule has 1 heterocycles. The van der Waals surface area contributed by atoms with Crippen molar-refractivity contribution in [2.75, 3.05) is 36.9 Å². The normalized spacial score (nSPS) is 10.7. The van der Waals surface area contributed by atoms with Crippen LogP contribution >= 0.6 is 0 Å². The van der Waals surface area contributed by atoms with Gasteiger partial charge in [-0.25, -0.2) is 0 Å². The van der Waals surface area contributed by atoms with Gasteiger partial charge in [-0.2, -0.15) is 0 Å². The summed E-state index contributed by atoms with van der Waals surface area (Å²) in [6.45, 7) is 2.08. The molecule has 0 aliphatic heterocycles. The summed E-state index contributed by atoms with van der Waals surface area (Å²) in [5.74, 6) is 0.0871. The summed E-state index contributed by atoms with van der Waals surface area (Å²) in [6, 6.07) is 7.03. The van der Waals surface area contributed by atoms with Crippen molar-refractivity contribution < 1.29 is 19.4 Å². The van der Waals surface area contributed by atoms with Crippen LogP contribution in [0.3, 0.4) is 0 Å². The van der Waals surface area contributed by atoms with Crippen molar-refractivity contribution in [1.29, 1.82) is 0 Å². The van der Waals surface area contributed by atoms with Gasteiger partial charge in [0.2, 0.25) is 0 Å². The van der Waals surface area contributed by atoms with Gasteiger partial charge in [0, 0.05) is 42.5 Å². The first-order valence-electron chi connectivity index (χ1n) is 7.03. The SMILES string of the molecule is CC(=O)c1occc1-c1cc(N)ccc1N(CCO)CCO. The molecular formula is C16H20N2O4. The standard InChI is InChI=1S/C16H20N2O4/c1-11(21)16-13(4-9-22-16)14-10-12(17)2-3-15(14)18(5-7-19)6-8-20/h2-4,9-10,19-20H,5-8,17H2,1H3. The van der Waals surface area contributed by atoms with E-state index >= 15 is 0 Å². The number of nitrogen functional groups attached to an aromatic ring is 1. The molecule has 0 amide bonds. The molecular weight excluding hydrogens is 284 g/mol. The fourth-order valence-corrected chi connectivity index (χ4v) is 2.43. The second-order valence-electron chi connectivity index (χ2n) is 4.93. The van der Waals surface area contributed by atoms with Crippen molar-refractivity contribution in [3.8, 4) is 11.1 Å². The Labute approximate surface area is 128 Å². The second-order valence-corrected chi connectivity index (χ2v) is 4.93. The van der Waals surface area contributed by atoms with Crippen LogP contribution in [0.1, 0.15) is 17.5 Å². The van der Waals surface area contributed by atoms with Crippen molar-refractivity contribution in [2.24, 2.45) is 0 Å². The summed E-state index contributed by atoms with van der Waals surface area (Å²) in [5.41, 5.74) is 8.60. The van der Waals surface area contributed by atoms with Crippen molar-refractivity contribution >= 4 is 17.2 Å². The van der Waals surface area contributed by atoms with Gasteiger partial charge in [-0.3, -0.25) is 4.79 Å². The maximum atomic E-state index is 11.7. The molecule has 0 fully saturated rings. The van der Waals surface area contributed by atoms with Crippen LogP contribution in [0.2, 0.25) is 0 Å². The summed E-state index contributed by atoms with van der Waals surface area (Å²) < 4.78 is 5.27. The number of hydrogen-bond acceptors (Lipinski definition) is 6. The average Bonchev–Trinajstić information content (AvgIpc) is 2.96. The molecule has 0 radical (unpaired) electrons. The summed E-state index contributed by atoms with van der Waals surface area (Å²) in [7, 11) is 0. The largest absolute Gasteiger partial charge is 0.461 e. The molecule has 0 saturated heterocycles. The molecule has 0 bridgehead atoms. The minimum absolute atomic E-state index is 0.0469. The van der Waals surface area contributed by atoms with Crippen LogP contribution in [0, 0.1) is 0 Å². The van der Waals surface area contributed by atoms with Gasteiger partial charge in [-0.1, -0.05) is 0 Å². The maximum absolute atomic E-state index is 11.7. The lowest BCUT2D eigenvalue weighted by molar-refractivity contribution is 0.0988. The van der Waals surface area contributed by atoms with Crippen LogP contribution in [-0.4, -0.2) is 42.3 Å². The highest BCUT2D eigenvalue weighted by molar-refractivity contribution is 6.00. The third kappa shape index (κ3) is 3.29. The molecule has 2 rings (SSSR count). The lowest BCUT2D eigenvalue weighted by Gasteiger charge is -2.26. The van der Waals surface area contributed by atoms with E-state index in [9.17, 15) is 15.0 Å². The molecule has 0 spiro atoms. The molecule has 0 atom stereocenters. The Morgan fingerprint density at radius 1 is 1.18 bits per heavy atom. The number of nitrogens with two attached hydrogens (primary N) is 1. The molecule has 1 aromatic heterocycles. The average molecular weight is 304 g/mol. The van der Waals surface area contributed by atoms with E-state index in [4.69, 9.17) is 10.2 Å². The molecule has 0 aliphatic carbocycles. The van der Waals surface area contributed by atoms with Crippen LogP contribution < -0.4 is 10.6 Å². The van der Waals surface area contributed by atoms with E-state index in [1.165, 1.54) is 13.2 Å². The molecule has 0 saturated carbocycles. The molecule has 0 aliphatic rings. The first-order valence-corrected chi connectivity index (χ1v) is 7.03. The maximum Gasteiger partial charge on any atom is 0.195 e. The van der Waals surface area contributed by atoms with Crippen LogP contribution in [0.4, 0.5) is 11.4 Å². The molecule has 6 nitrogen and oxygen atoms in total. The van der Waals surface area contributed by atoms with Crippen LogP contribution in [-0.2, 0) is 0 Å². The number of anilines is 2. The van der Waals surface area contributed by atoms with E-state index in [0.717, 1.165) is 11.3 Å². The molecule has 22 heavy (non-hydrogen) atoms. The van der Waals surface area contributed by atoms with Crippen molar-refractivity contribution in [2.45, 2.75) is 6.92 Å². The highest BCUT2D eigenvalue weighted by atomic mass is 16.3. The first kappa shape index (κ1) is 16.1. The Morgan fingerprint density at radius 2 is 1.86 bits per heavy atom. The smallest absolute Gasteiger partial charge is 0.195 e. The van der Waals surface area contributed by atoms with Crippen molar-refractivity contribution in [3.63, 3.8) is 0 Å². The molecule has 2 aromatic rings. The molecule has 0 unspecified atom stereocenters. The van der Waals surface area contributed by atoms with E-state index in [0.29, 0.717) is 24.3 Å². The second kappa shape index (κ2) is 7.11. The predicted molar refractivity (Wildman–Crippen MR) is 84.9 cm³/mol. The lowest BCUT2D eigenvalue weighted by atomic mass is 10.0. The van der Waals surface area contributed by atoms with Gasteiger partial charge < -0.3 is 25.3 Å². The number of benzene rings is 1. The number of nitrogens with zero attached hydrogens (tertiary/aromatic N) is 1. The monoisotopic (exact) mass is 304 g/mol. The van der Waals surface area contributed by atoms with Crippen LogP contribution in [0.15, 0.2) is 34.9 Å². The van der Waals surface area contributed by atoms with Crippen molar-refractivity contribution in [3.05, 3.63) is 36.3 Å². The topological polar surface area (TPSA) is 99.9 Å². The summed E-state index contributed by atoms with van der Waals surface area (Å²) >= 11 is 0. The fraction of sp³-hybridized carbons (Fsp3) is 0.312. The number of rotatable bonds is 7. The summed E-state index contributed by atoms with van der Waals surface area (Å²) in [6.07, 6.45) is 1.46. The van der Waals surface area contributed by atoms with Gasteiger partial charge in [0.1, 0.15) is 0 Å². The lowest BCUT2D eigenvalue weighted by Crippen LogP contribution is -2.30. The third-order valence-corrected chi connectivity index (χ3v) is 3.38. The Morgan fingerprint density at radius 3 is 2.45 bits per heavy atom. The van der Waals surface area contributed by atoms with Gasteiger partial charge in [0.15, 0.2) is 11.5 Å². The number of furan rings is 1. The number of hydrogen-bond donors (Lipinski definition) is 3. The van der Waals surface area contributed by atoms with E-state index in [-0.39, 0.29) is 24.8 Å². The van der Waals surface area contributed by atoms with Gasteiger partial charge in [0.25, 0.3) is 0 Å². The number of carbonyl (C=O) groups is 1. The first-order chi connectivity index (χ1) is 10.6. The van der Waals surface area contributed by atoms with E-state index in [1.807, 2.05) is 11.0 Å². The van der Waals surface area contributed by atoms with E-state index in [1.54, 1.807) is 18.2 Å². The van der Waals surface area contributed by atoms with Gasteiger partial charge in [-0.15, -0.1) is 0 Å². The fourth-order valence-electron chi connectivity index (χ4n) is 2.43. The van der Waals surface area contributed by atoms with Crippen LogP contribution in [0.25, 0.3) is 11.1 Å². The number of carbonyl (C=O) groups excluding carboxylic acids is 1. The number of ketones is 1. The summed E-state index contributed by atoms with van der Waals surface area (Å²) in [5, 5.41) is 18.4. The van der Waals surface area contributed by atoms with Crippen LogP contribution in [0.5, 0.6) is 0 Å². The van der Waals surface area contributed by atoms with E-state index in [2.05, 4.69) is 0 Å². The quantitative estimate of drug-likeness (QED) is 0.530. The summed E-state index contributed by atoms with van der Waals surface area (Å²) in [4.78, 5) is 13.5. The van der Waals surface area contributed by atoms with Gasteiger partial charge >= 0.3 is 0 Å². The zero-order valence-electron chi connectivity index (χ0n) is 12.5. The van der Waals surface area contributed by atoms with Crippen molar-refractivity contribution in [1.82, 2.24) is 0 Å².